The smallest absolute Gasteiger partial charge is 0.334 e. The van der Waals surface area contributed by atoms with Crippen LogP contribution in [0.4, 0.5) is 0 Å². The predicted octanol–water partition coefficient (Wildman–Crippen LogP) is 16.5. The van der Waals surface area contributed by atoms with Gasteiger partial charge in [0.1, 0.15) is 17.1 Å². The topological polar surface area (TPSA) is 272 Å². The quantitative estimate of drug-likeness (QED) is 0.0439. The summed E-state index contributed by atoms with van der Waals surface area (Å²) in [5.74, 6) is -5.59. The average molecular weight is 1610 g/mol. The van der Waals surface area contributed by atoms with Crippen molar-refractivity contribution in [3.8, 4) is 0 Å². The van der Waals surface area contributed by atoms with Crippen LogP contribution in [0.2, 0.25) is 20.1 Å². The van der Waals surface area contributed by atoms with E-state index in [4.69, 9.17) is 51.1 Å². The fourth-order valence-electron chi connectivity index (χ4n) is 13.0. The van der Waals surface area contributed by atoms with Crippen LogP contribution in [-0.4, -0.2) is 144 Å². The molecule has 0 unspecified atom stereocenters. The van der Waals surface area contributed by atoms with Crippen LogP contribution >= 0.6 is 46.4 Å². The van der Waals surface area contributed by atoms with Gasteiger partial charge in [0.25, 0.3) is 17.7 Å². The number of hydrogen-bond acceptors (Lipinski definition) is 13. The Labute approximate surface area is 679 Å². The van der Waals surface area contributed by atoms with Gasteiger partial charge < -0.3 is 44.8 Å². The molecule has 4 N–H and O–H groups in total. The molecule has 14 rings (SSSR count). The molecule has 1 saturated heterocycles. The van der Waals surface area contributed by atoms with Gasteiger partial charge in [-0.05, 0) is 105 Å². The first kappa shape index (κ1) is 82.5. The van der Waals surface area contributed by atoms with Gasteiger partial charge in [-0.2, -0.15) is 0 Å². The molecule has 5 aliphatic heterocycles. The van der Waals surface area contributed by atoms with E-state index in [0.717, 1.165) is 33.4 Å². The van der Waals surface area contributed by atoms with E-state index in [1.165, 1.54) is 4.90 Å². The highest BCUT2D eigenvalue weighted by atomic mass is 35.5. The maximum absolute atomic E-state index is 13.6. The number of rotatable bonds is 24. The van der Waals surface area contributed by atoms with Crippen LogP contribution in [0.15, 0.2) is 326 Å². The van der Waals surface area contributed by atoms with Gasteiger partial charge >= 0.3 is 23.9 Å². The maximum atomic E-state index is 13.6. The first-order chi connectivity index (χ1) is 55.0. The molecule has 0 radical (unpaired) electrons. The minimum absolute atomic E-state index is 0.00361. The molecular formula is C90H78Cl4N8O12. The summed E-state index contributed by atoms with van der Waals surface area (Å²) < 4.78 is 5.32. The number of likely N-dealkylation sites (N-methyl/N-ethyl adjacent to an activating group) is 1. The molecule has 9 aromatic rings. The summed E-state index contributed by atoms with van der Waals surface area (Å²) in [6, 6.07) is 76.6. The van der Waals surface area contributed by atoms with Gasteiger partial charge in [0.15, 0.2) is 0 Å². The van der Waals surface area contributed by atoms with Crippen molar-refractivity contribution in [3.63, 3.8) is 0 Å². The Kier molecular flexibility index (Phi) is 28.7. The number of carboxylic acids is 4. The number of morpholine rings is 1. The minimum atomic E-state index is -1.14. The molecule has 0 spiro atoms. The van der Waals surface area contributed by atoms with Crippen LogP contribution in [0.25, 0.3) is 0 Å². The number of amides is 3. The molecule has 0 atom stereocenters. The van der Waals surface area contributed by atoms with Crippen molar-refractivity contribution < 1.29 is 58.7 Å². The standard InChI is InChI=1S/C27H23ClN2O3.C26H21ClN2O3.C20H17ClN2O3.C17H17ClN2O3/c28-22-13-7-12-21(16-22)24-17-23(27(32)33)25(29-24)26(31)30(18-20-10-5-2-6-11-20)15-14-19-8-3-1-4-9-19;27-21-13-7-12-20(14-21)23-15-22(26(31)32)24(28-23)25(30)29(16-18-8-3-1-4-9-18)17-19-10-5-2-6-11-19;1-23(12-13-6-3-2-4-7-13)19(24)18-16(20(25)26)11-17(22-18)14-8-5-9-15(21)10-14;1-11(20-5-7-23-8-6-20)16-14(17(21)22)10-15(19-16)12-3-2-4-13(18)9-12/h1-13,16H,14-15,17-18H2,(H,32,33);1-14H,15-17H2,(H,31,32);2-10H,11-12H2,1H3,(H,25,26);2-4,9H,1,5-8,10H2,(H,21,22). The summed E-state index contributed by atoms with van der Waals surface area (Å²) in [6.45, 7) is 8.52. The van der Waals surface area contributed by atoms with Crippen molar-refractivity contribution in [2.45, 2.75) is 58.3 Å². The number of carbonyl (C=O) groups excluding carboxylic acids is 3. The van der Waals surface area contributed by atoms with E-state index in [-0.39, 0.29) is 71.0 Å². The van der Waals surface area contributed by atoms with Crippen molar-refractivity contribution in [2.24, 2.45) is 20.0 Å². The van der Waals surface area contributed by atoms with Crippen LogP contribution in [0.1, 0.15) is 75.8 Å². The molecule has 0 saturated carbocycles. The van der Waals surface area contributed by atoms with E-state index in [1.54, 1.807) is 89.6 Å². The minimum Gasteiger partial charge on any atom is -0.478 e. The number of halogens is 4. The molecule has 9 aromatic carbocycles. The number of aliphatic carboxylic acids is 4. The van der Waals surface area contributed by atoms with Crippen molar-refractivity contribution in [3.05, 3.63) is 376 Å². The molecule has 24 heteroatoms. The van der Waals surface area contributed by atoms with Gasteiger partial charge in [-0.3, -0.25) is 14.4 Å². The monoisotopic (exact) mass is 1600 g/mol. The molecule has 114 heavy (non-hydrogen) atoms. The second kappa shape index (κ2) is 39.7. The van der Waals surface area contributed by atoms with Crippen LogP contribution in [-0.2, 0) is 70.9 Å². The third-order valence-electron chi connectivity index (χ3n) is 18.8. The lowest BCUT2D eigenvalue weighted by molar-refractivity contribution is -0.134. The number of benzene rings is 9. The van der Waals surface area contributed by atoms with Crippen molar-refractivity contribution in [2.75, 3.05) is 39.9 Å². The number of aliphatic imine (C=N–C) groups is 4. The fourth-order valence-corrected chi connectivity index (χ4v) is 13.7. The zero-order valence-corrected chi connectivity index (χ0v) is 64.9. The van der Waals surface area contributed by atoms with Gasteiger partial charge in [-0.1, -0.05) is 253 Å². The lowest BCUT2D eigenvalue weighted by Gasteiger charge is -2.30. The largest absolute Gasteiger partial charge is 0.478 e. The maximum Gasteiger partial charge on any atom is 0.334 e. The van der Waals surface area contributed by atoms with Gasteiger partial charge in [0.05, 0.1) is 69.7 Å². The molecule has 5 aliphatic rings. The second-order valence-corrected chi connectivity index (χ2v) is 28.5. The number of carboxylic acid groups (broad SMARTS) is 4. The second-order valence-electron chi connectivity index (χ2n) is 26.8. The van der Waals surface area contributed by atoms with E-state index in [9.17, 15) is 54.0 Å². The Hall–Kier alpha value is -12.4. The summed E-state index contributed by atoms with van der Waals surface area (Å²) in [5.41, 5.74) is 11.5. The first-order valence-electron chi connectivity index (χ1n) is 36.3. The molecule has 0 aromatic heterocycles. The van der Waals surface area contributed by atoms with E-state index in [2.05, 4.69) is 26.5 Å². The molecule has 20 nitrogen and oxygen atoms in total. The molecule has 3 amide bonds. The van der Waals surface area contributed by atoms with Gasteiger partial charge in [-0.15, -0.1) is 0 Å². The number of nitrogens with zero attached hydrogens (tertiary/aromatic N) is 8. The Morgan fingerprint density at radius 3 is 0.974 bits per heavy atom. The highest BCUT2D eigenvalue weighted by Gasteiger charge is 2.35. The predicted molar refractivity (Wildman–Crippen MR) is 443 cm³/mol. The molecule has 5 heterocycles. The Balaban J connectivity index is 0.000000151. The van der Waals surface area contributed by atoms with Gasteiger partial charge in [0, 0.05) is 98.6 Å². The van der Waals surface area contributed by atoms with E-state index in [1.807, 2.05) is 181 Å². The van der Waals surface area contributed by atoms with Gasteiger partial charge in [0.2, 0.25) is 0 Å². The normalized spacial score (nSPS) is 14.2. The summed E-state index contributed by atoms with van der Waals surface area (Å²) in [5, 5.41) is 40.8. The molecular weight excluding hydrogens is 1530 g/mol. The SMILES string of the molecule is C=C(C1=C(C(=O)O)CC(c2cccc(Cl)c2)=N1)N1CCOCC1.CN(Cc1ccccc1)C(=O)C1=C(C(=O)O)CC(c2cccc(Cl)c2)=N1.O=C(O)C1=C(C(=O)N(CCc2ccccc2)Cc2ccccc2)N=C(c2cccc(Cl)c2)C1.O=C(O)C1=C(C(=O)N(Cc2ccccc2)Cc2ccccc2)N=C(c2cccc(Cl)c2)C1. The molecule has 0 bridgehead atoms. The Bertz CT molecular complexity index is 5330. The van der Waals surface area contributed by atoms with E-state index < -0.39 is 35.7 Å². The van der Waals surface area contributed by atoms with Crippen molar-refractivity contribution >= 4 is 111 Å². The van der Waals surface area contributed by atoms with Crippen molar-refractivity contribution in [1.29, 1.82) is 0 Å². The molecule has 1 fully saturated rings. The zero-order valence-electron chi connectivity index (χ0n) is 61.9. The van der Waals surface area contributed by atoms with Gasteiger partial charge in [-0.25, -0.2) is 39.1 Å². The van der Waals surface area contributed by atoms with Crippen LogP contribution < -0.4 is 0 Å². The van der Waals surface area contributed by atoms with E-state index >= 15 is 0 Å². The molecule has 578 valence electrons. The summed E-state index contributed by atoms with van der Waals surface area (Å²) in [4.78, 5) is 112. The number of hydrogen-bond donors (Lipinski definition) is 4. The number of ether oxygens (including phenoxy) is 1. The highest BCUT2D eigenvalue weighted by Crippen LogP contribution is 2.34. The average Bonchev–Trinajstić information content (AvgIpc) is 1.98. The first-order valence-corrected chi connectivity index (χ1v) is 37.8. The third-order valence-corrected chi connectivity index (χ3v) is 19.7. The summed E-state index contributed by atoms with van der Waals surface area (Å²) in [6.07, 6.45) is 1.17. The molecule has 0 aliphatic carbocycles. The Morgan fingerprint density at radius 2 is 0.649 bits per heavy atom. The fraction of sp³-hybridized carbons (Fsp3) is 0.167. The zero-order chi connectivity index (χ0) is 80.8. The lowest BCUT2D eigenvalue weighted by atomic mass is 10.0. The number of carbonyl (C=O) groups is 7. The lowest BCUT2D eigenvalue weighted by Crippen LogP contribution is -2.35. The van der Waals surface area contributed by atoms with E-state index in [0.29, 0.717) is 136 Å². The van der Waals surface area contributed by atoms with Crippen molar-refractivity contribution in [1.82, 2.24) is 19.6 Å². The van der Waals surface area contributed by atoms with Crippen LogP contribution in [0, 0.1) is 0 Å². The summed E-state index contributed by atoms with van der Waals surface area (Å²) >= 11 is 24.2. The third kappa shape index (κ3) is 22.2. The van der Waals surface area contributed by atoms with Crippen LogP contribution in [0.3, 0.4) is 0 Å². The Morgan fingerprint density at radius 1 is 0.368 bits per heavy atom. The van der Waals surface area contributed by atoms with Crippen LogP contribution in [0.5, 0.6) is 0 Å². The summed E-state index contributed by atoms with van der Waals surface area (Å²) in [7, 11) is 1.63. The highest BCUT2D eigenvalue weighted by molar-refractivity contribution is 6.32.